The van der Waals surface area contributed by atoms with Crippen molar-refractivity contribution in [3.05, 3.63) is 70.7 Å². The second kappa shape index (κ2) is 8.00. The van der Waals surface area contributed by atoms with E-state index >= 15 is 0 Å². The van der Waals surface area contributed by atoms with Crippen molar-refractivity contribution in [3.63, 3.8) is 0 Å². The van der Waals surface area contributed by atoms with E-state index in [-0.39, 0.29) is 11.5 Å². The number of nitrogens with zero attached hydrogens (tertiary/aromatic N) is 4. The first-order valence-corrected chi connectivity index (χ1v) is 9.48. The summed E-state index contributed by atoms with van der Waals surface area (Å²) in [6.45, 7) is 3.49. The summed E-state index contributed by atoms with van der Waals surface area (Å²) in [6, 6.07) is 12.2. The number of benzene rings is 1. The number of anilines is 1. The van der Waals surface area contributed by atoms with Crippen LogP contribution in [0.1, 0.15) is 21.8 Å². The van der Waals surface area contributed by atoms with E-state index in [9.17, 15) is 4.79 Å². The molecule has 4 rings (SSSR count). The maximum Gasteiger partial charge on any atom is 0.262 e. The fourth-order valence-electron chi connectivity index (χ4n) is 3.07. The van der Waals surface area contributed by atoms with E-state index in [1.165, 1.54) is 0 Å². The molecular formula is C21H18ClN5O3. The Balaban J connectivity index is 1.75. The summed E-state index contributed by atoms with van der Waals surface area (Å²) in [7, 11) is 1.75. The first-order valence-electron chi connectivity index (χ1n) is 9.10. The lowest BCUT2D eigenvalue weighted by Crippen LogP contribution is -2.14. The van der Waals surface area contributed by atoms with E-state index in [0.717, 1.165) is 0 Å². The van der Waals surface area contributed by atoms with Crippen molar-refractivity contribution in [2.45, 2.75) is 13.8 Å². The van der Waals surface area contributed by atoms with Gasteiger partial charge in [0.25, 0.3) is 5.91 Å². The van der Waals surface area contributed by atoms with Crippen molar-refractivity contribution < 1.29 is 14.1 Å². The average Bonchev–Trinajstić information content (AvgIpc) is 3.23. The minimum atomic E-state index is -0.386. The summed E-state index contributed by atoms with van der Waals surface area (Å²) in [5.74, 6) is 1.41. The SMILES string of the molecule is Cc1nn(C)c(Oc2ccc(Cl)cc2)c1-c1noc(C)c1C(=O)Nc1ccccn1. The Morgan fingerprint density at radius 3 is 2.63 bits per heavy atom. The van der Waals surface area contributed by atoms with Gasteiger partial charge in [0.2, 0.25) is 5.88 Å². The zero-order valence-electron chi connectivity index (χ0n) is 16.5. The number of amides is 1. The van der Waals surface area contributed by atoms with Crippen LogP contribution >= 0.6 is 11.6 Å². The van der Waals surface area contributed by atoms with E-state index in [0.29, 0.717) is 45.2 Å². The summed E-state index contributed by atoms with van der Waals surface area (Å²) in [5, 5.41) is 11.9. The fourth-order valence-corrected chi connectivity index (χ4v) is 3.19. The standard InChI is InChI=1S/C21H18ClN5O3/c1-12-17(21(27(3)25-12)29-15-9-7-14(22)8-10-15)19-18(13(2)30-26-19)20(28)24-16-6-4-5-11-23-16/h4-11H,1-3H3,(H,23,24,28). The van der Waals surface area contributed by atoms with Gasteiger partial charge in [-0.1, -0.05) is 22.8 Å². The second-order valence-corrected chi connectivity index (χ2v) is 7.01. The normalized spacial score (nSPS) is 10.8. The third-order valence-electron chi connectivity index (χ3n) is 4.43. The number of rotatable bonds is 5. The molecule has 0 radical (unpaired) electrons. The zero-order valence-corrected chi connectivity index (χ0v) is 17.3. The van der Waals surface area contributed by atoms with E-state index in [2.05, 4.69) is 20.6 Å². The number of carbonyl (C=O) groups excluding carboxylic acids is 1. The summed E-state index contributed by atoms with van der Waals surface area (Å²) < 4.78 is 13.0. The minimum Gasteiger partial charge on any atom is -0.439 e. The van der Waals surface area contributed by atoms with Crippen LogP contribution in [0.15, 0.2) is 53.2 Å². The van der Waals surface area contributed by atoms with Crippen LogP contribution in [0.4, 0.5) is 5.82 Å². The largest absolute Gasteiger partial charge is 0.439 e. The van der Waals surface area contributed by atoms with Crippen LogP contribution in [-0.2, 0) is 7.05 Å². The Hall–Kier alpha value is -3.65. The number of nitrogens with one attached hydrogen (secondary N) is 1. The van der Waals surface area contributed by atoms with Crippen molar-refractivity contribution in [1.29, 1.82) is 0 Å². The number of hydrogen-bond donors (Lipinski definition) is 1. The molecule has 1 aromatic carbocycles. The van der Waals surface area contributed by atoms with E-state index in [1.807, 2.05) is 6.92 Å². The van der Waals surface area contributed by atoms with Gasteiger partial charge >= 0.3 is 0 Å². The van der Waals surface area contributed by atoms with Gasteiger partial charge in [-0.05, 0) is 50.2 Å². The van der Waals surface area contributed by atoms with Crippen molar-refractivity contribution in [3.8, 4) is 22.9 Å². The number of pyridine rings is 1. The highest BCUT2D eigenvalue weighted by molar-refractivity contribution is 6.30. The van der Waals surface area contributed by atoms with Crippen LogP contribution in [0, 0.1) is 13.8 Å². The van der Waals surface area contributed by atoms with Gasteiger partial charge in [-0.25, -0.2) is 9.67 Å². The Bertz CT molecular complexity index is 1200. The van der Waals surface area contributed by atoms with Crippen molar-refractivity contribution in [1.82, 2.24) is 19.9 Å². The van der Waals surface area contributed by atoms with E-state index in [1.54, 1.807) is 67.3 Å². The zero-order chi connectivity index (χ0) is 21.3. The predicted octanol–water partition coefficient (Wildman–Crippen LogP) is 4.78. The lowest BCUT2D eigenvalue weighted by molar-refractivity contribution is 0.102. The molecule has 0 atom stereocenters. The first kappa shape index (κ1) is 19.7. The molecule has 0 aliphatic rings. The van der Waals surface area contributed by atoms with Crippen molar-refractivity contribution in [2.24, 2.45) is 7.05 Å². The molecule has 4 aromatic rings. The van der Waals surface area contributed by atoms with Gasteiger partial charge in [0.15, 0.2) is 0 Å². The molecule has 1 N–H and O–H groups in total. The smallest absolute Gasteiger partial charge is 0.262 e. The van der Waals surface area contributed by atoms with E-state index in [4.69, 9.17) is 20.9 Å². The molecule has 0 aliphatic carbocycles. The number of carbonyl (C=O) groups is 1. The van der Waals surface area contributed by atoms with Crippen molar-refractivity contribution >= 4 is 23.3 Å². The number of ether oxygens (including phenoxy) is 1. The first-order chi connectivity index (χ1) is 14.4. The molecule has 0 bridgehead atoms. The molecule has 3 aromatic heterocycles. The van der Waals surface area contributed by atoms with Gasteiger partial charge in [-0.2, -0.15) is 5.10 Å². The quantitative estimate of drug-likeness (QED) is 0.496. The molecule has 0 unspecified atom stereocenters. The second-order valence-electron chi connectivity index (χ2n) is 6.58. The van der Waals surface area contributed by atoms with Gasteiger partial charge < -0.3 is 14.6 Å². The van der Waals surface area contributed by atoms with E-state index < -0.39 is 0 Å². The van der Waals surface area contributed by atoms with Crippen LogP contribution in [0.3, 0.4) is 0 Å². The molecule has 3 heterocycles. The van der Waals surface area contributed by atoms with Gasteiger partial charge in [0.05, 0.1) is 11.3 Å². The number of aryl methyl sites for hydroxylation is 3. The Kier molecular flexibility index (Phi) is 5.24. The highest BCUT2D eigenvalue weighted by atomic mass is 35.5. The highest BCUT2D eigenvalue weighted by Gasteiger charge is 2.28. The third kappa shape index (κ3) is 3.77. The van der Waals surface area contributed by atoms with Gasteiger partial charge in [0.1, 0.15) is 28.6 Å². The summed E-state index contributed by atoms with van der Waals surface area (Å²) in [4.78, 5) is 17.1. The molecule has 0 saturated carbocycles. The summed E-state index contributed by atoms with van der Waals surface area (Å²) in [6.07, 6.45) is 1.60. The maximum atomic E-state index is 13.0. The van der Waals surface area contributed by atoms with Crippen LogP contribution in [0.5, 0.6) is 11.6 Å². The molecular weight excluding hydrogens is 406 g/mol. The number of hydrogen-bond acceptors (Lipinski definition) is 6. The molecule has 9 heteroatoms. The molecule has 30 heavy (non-hydrogen) atoms. The third-order valence-corrected chi connectivity index (χ3v) is 4.68. The van der Waals surface area contributed by atoms with Gasteiger partial charge in [-0.3, -0.25) is 4.79 Å². The lowest BCUT2D eigenvalue weighted by atomic mass is 10.1. The topological polar surface area (TPSA) is 95.1 Å². The van der Waals surface area contributed by atoms with Crippen LogP contribution < -0.4 is 10.1 Å². The van der Waals surface area contributed by atoms with Crippen LogP contribution in [0.2, 0.25) is 5.02 Å². The van der Waals surface area contributed by atoms with Crippen LogP contribution in [-0.4, -0.2) is 25.8 Å². The maximum absolute atomic E-state index is 13.0. The van der Waals surface area contributed by atoms with Gasteiger partial charge in [-0.15, -0.1) is 0 Å². The van der Waals surface area contributed by atoms with Crippen LogP contribution in [0.25, 0.3) is 11.3 Å². The minimum absolute atomic E-state index is 0.290. The molecule has 8 nitrogen and oxygen atoms in total. The summed E-state index contributed by atoms with van der Waals surface area (Å²) in [5.41, 5.74) is 1.84. The molecule has 152 valence electrons. The Morgan fingerprint density at radius 2 is 1.93 bits per heavy atom. The predicted molar refractivity (Wildman–Crippen MR) is 112 cm³/mol. The van der Waals surface area contributed by atoms with Crippen molar-refractivity contribution in [2.75, 3.05) is 5.32 Å². The monoisotopic (exact) mass is 423 g/mol. The molecule has 0 saturated heterocycles. The lowest BCUT2D eigenvalue weighted by Gasteiger charge is -2.09. The number of aromatic nitrogens is 4. The number of halogens is 1. The average molecular weight is 424 g/mol. The summed E-state index contributed by atoms with van der Waals surface area (Å²) >= 11 is 5.96. The Morgan fingerprint density at radius 1 is 1.17 bits per heavy atom. The molecule has 1 amide bonds. The molecule has 0 spiro atoms. The molecule has 0 fully saturated rings. The molecule has 0 aliphatic heterocycles. The fraction of sp³-hybridized carbons (Fsp3) is 0.143. The Labute approximate surface area is 177 Å². The van der Waals surface area contributed by atoms with Gasteiger partial charge in [0, 0.05) is 18.3 Å². The highest BCUT2D eigenvalue weighted by Crippen LogP contribution is 2.38.